The van der Waals surface area contributed by atoms with Gasteiger partial charge in [-0.3, -0.25) is 4.79 Å². The van der Waals surface area contributed by atoms with Crippen LogP contribution in [0.3, 0.4) is 0 Å². The molecule has 1 aromatic rings. The van der Waals surface area contributed by atoms with Gasteiger partial charge >= 0.3 is 0 Å². The Morgan fingerprint density at radius 3 is 2.12 bits per heavy atom. The number of hydrogen-bond donors (Lipinski definition) is 1. The van der Waals surface area contributed by atoms with Gasteiger partial charge in [0.1, 0.15) is 0 Å². The highest BCUT2D eigenvalue weighted by Gasteiger charge is 2.23. The number of hydrogen-bond acceptors (Lipinski definition) is 4. The first kappa shape index (κ1) is 14.0. The Kier molecular flexibility index (Phi) is 4.54. The van der Waals surface area contributed by atoms with Crippen molar-refractivity contribution in [1.82, 2.24) is 0 Å². The third kappa shape index (κ3) is 2.30. The van der Waals surface area contributed by atoms with Crippen LogP contribution < -0.4 is 15.2 Å². The summed E-state index contributed by atoms with van der Waals surface area (Å²) in [6, 6.07) is 0. The van der Waals surface area contributed by atoms with Gasteiger partial charge in [-0.2, -0.15) is 0 Å². The summed E-state index contributed by atoms with van der Waals surface area (Å²) in [6.07, 6.45) is 0. The number of halogens is 1. The highest BCUT2D eigenvalue weighted by Crippen LogP contribution is 2.41. The highest BCUT2D eigenvalue weighted by atomic mass is 79.9. The van der Waals surface area contributed by atoms with Gasteiger partial charge in [-0.1, -0.05) is 15.9 Å². The quantitative estimate of drug-likeness (QED) is 0.866. The van der Waals surface area contributed by atoms with Gasteiger partial charge in [-0.25, -0.2) is 0 Å². The minimum Gasteiger partial charge on any atom is -0.493 e. The summed E-state index contributed by atoms with van der Waals surface area (Å²) < 4.78 is 11.4. The van der Waals surface area contributed by atoms with E-state index in [4.69, 9.17) is 15.2 Å². The third-order valence-electron chi connectivity index (χ3n) is 2.68. The monoisotopic (exact) mass is 301 g/mol. The topological polar surface area (TPSA) is 61.5 Å². The van der Waals surface area contributed by atoms with Crippen LogP contribution in [0.5, 0.6) is 11.5 Å². The molecule has 5 heteroatoms. The fraction of sp³-hybridized carbons (Fsp3) is 0.417. The summed E-state index contributed by atoms with van der Waals surface area (Å²) in [5.41, 5.74) is 7.61. The van der Waals surface area contributed by atoms with Gasteiger partial charge in [0.15, 0.2) is 17.3 Å². The van der Waals surface area contributed by atoms with Crippen molar-refractivity contribution in [3.63, 3.8) is 0 Å². The average molecular weight is 302 g/mol. The maximum atomic E-state index is 11.9. The fourth-order valence-electron chi connectivity index (χ4n) is 1.82. The molecule has 0 aliphatic carbocycles. The molecule has 0 radical (unpaired) electrons. The van der Waals surface area contributed by atoms with Crippen LogP contribution in [0.2, 0.25) is 0 Å². The molecule has 0 amide bonds. The summed E-state index contributed by atoms with van der Waals surface area (Å²) in [6.45, 7) is 3.69. The van der Waals surface area contributed by atoms with Crippen molar-refractivity contribution in [3.05, 3.63) is 21.2 Å². The second-order valence-corrected chi connectivity index (χ2v) is 4.43. The largest absolute Gasteiger partial charge is 0.493 e. The van der Waals surface area contributed by atoms with Gasteiger partial charge in [0, 0.05) is 10.0 Å². The first-order chi connectivity index (χ1) is 7.99. The molecule has 0 saturated carbocycles. The van der Waals surface area contributed by atoms with Crippen molar-refractivity contribution in [2.75, 3.05) is 20.8 Å². The summed E-state index contributed by atoms with van der Waals surface area (Å²) in [4.78, 5) is 11.9. The molecule has 0 fully saturated rings. The molecule has 0 heterocycles. The predicted molar refractivity (Wildman–Crippen MR) is 70.1 cm³/mol. The minimum atomic E-state index is -0.168. The van der Waals surface area contributed by atoms with Gasteiger partial charge in [0.25, 0.3) is 0 Å². The zero-order valence-electron chi connectivity index (χ0n) is 10.4. The van der Waals surface area contributed by atoms with Crippen molar-refractivity contribution in [2.24, 2.45) is 5.73 Å². The van der Waals surface area contributed by atoms with E-state index in [9.17, 15) is 4.79 Å². The third-order valence-corrected chi connectivity index (χ3v) is 3.87. The van der Waals surface area contributed by atoms with E-state index in [0.29, 0.717) is 17.1 Å². The van der Waals surface area contributed by atoms with E-state index in [-0.39, 0.29) is 12.3 Å². The van der Waals surface area contributed by atoms with Gasteiger partial charge in [0.2, 0.25) is 0 Å². The number of nitrogens with two attached hydrogens (primary N) is 1. The van der Waals surface area contributed by atoms with Crippen LogP contribution in [0.25, 0.3) is 0 Å². The number of benzene rings is 1. The Labute approximate surface area is 109 Å². The number of rotatable bonds is 4. The van der Waals surface area contributed by atoms with Crippen LogP contribution in [-0.4, -0.2) is 26.5 Å². The van der Waals surface area contributed by atoms with Crippen LogP contribution in [-0.2, 0) is 0 Å². The Balaban J connectivity index is 3.68. The predicted octanol–water partition coefficient (Wildman–Crippen LogP) is 2.22. The number of ether oxygens (including phenoxy) is 2. The zero-order valence-corrected chi connectivity index (χ0v) is 12.0. The standard InChI is InChI=1S/C12H16BrNO3/c1-6-9(8(15)5-14)12(17-4)11(16-3)7(2)10(6)13/h5,14H2,1-4H3. The second-order valence-electron chi connectivity index (χ2n) is 3.63. The van der Waals surface area contributed by atoms with Crippen molar-refractivity contribution in [3.8, 4) is 11.5 Å². The van der Waals surface area contributed by atoms with Crippen molar-refractivity contribution in [1.29, 1.82) is 0 Å². The minimum absolute atomic E-state index is 0.0597. The first-order valence-corrected chi connectivity index (χ1v) is 5.92. The highest BCUT2D eigenvalue weighted by molar-refractivity contribution is 9.10. The lowest BCUT2D eigenvalue weighted by molar-refractivity contribution is 0.0997. The molecule has 0 aliphatic rings. The van der Waals surface area contributed by atoms with Crippen LogP contribution in [0.15, 0.2) is 4.47 Å². The molecule has 0 aliphatic heterocycles. The van der Waals surface area contributed by atoms with E-state index < -0.39 is 0 Å². The van der Waals surface area contributed by atoms with E-state index in [0.717, 1.165) is 15.6 Å². The number of methoxy groups -OCH3 is 2. The maximum Gasteiger partial charge on any atom is 0.180 e. The molecular weight excluding hydrogens is 286 g/mol. The van der Waals surface area contributed by atoms with Crippen LogP contribution in [0.1, 0.15) is 21.5 Å². The summed E-state index contributed by atoms with van der Waals surface area (Å²) in [7, 11) is 3.06. The Morgan fingerprint density at radius 1 is 1.18 bits per heavy atom. The molecule has 0 aromatic heterocycles. The molecule has 17 heavy (non-hydrogen) atoms. The number of ketones is 1. The molecule has 2 N–H and O–H groups in total. The molecule has 94 valence electrons. The molecular formula is C12H16BrNO3. The van der Waals surface area contributed by atoms with Crippen molar-refractivity contribution < 1.29 is 14.3 Å². The van der Waals surface area contributed by atoms with Crippen LogP contribution in [0, 0.1) is 13.8 Å². The average Bonchev–Trinajstić information content (AvgIpc) is 2.34. The summed E-state index contributed by atoms with van der Waals surface area (Å²) in [5.74, 6) is 0.835. The van der Waals surface area contributed by atoms with E-state index in [1.807, 2.05) is 13.8 Å². The normalized spacial score (nSPS) is 10.2. The fourth-order valence-corrected chi connectivity index (χ4v) is 2.20. The molecule has 1 aromatic carbocycles. The lowest BCUT2D eigenvalue weighted by atomic mass is 9.99. The van der Waals surface area contributed by atoms with Gasteiger partial charge in [-0.15, -0.1) is 0 Å². The zero-order chi connectivity index (χ0) is 13.2. The molecule has 0 unspecified atom stereocenters. The molecule has 4 nitrogen and oxygen atoms in total. The summed E-state index contributed by atoms with van der Waals surface area (Å²) >= 11 is 3.45. The smallest absolute Gasteiger partial charge is 0.180 e. The van der Waals surface area contributed by atoms with Gasteiger partial charge in [-0.05, 0) is 19.4 Å². The maximum absolute atomic E-state index is 11.9. The van der Waals surface area contributed by atoms with E-state index >= 15 is 0 Å². The SMILES string of the molecule is COc1c(C)c(Br)c(C)c(C(=O)CN)c1OC. The van der Waals surface area contributed by atoms with Crippen molar-refractivity contribution >= 4 is 21.7 Å². The Morgan fingerprint density at radius 2 is 1.71 bits per heavy atom. The molecule has 0 bridgehead atoms. The van der Waals surface area contributed by atoms with E-state index in [2.05, 4.69) is 15.9 Å². The number of carbonyl (C=O) groups excluding carboxylic acids is 1. The lowest BCUT2D eigenvalue weighted by Gasteiger charge is -2.18. The van der Waals surface area contributed by atoms with Crippen molar-refractivity contribution in [2.45, 2.75) is 13.8 Å². The Bertz CT molecular complexity index is 458. The molecule has 1 rings (SSSR count). The van der Waals surface area contributed by atoms with E-state index in [1.165, 1.54) is 7.11 Å². The van der Waals surface area contributed by atoms with Gasteiger partial charge < -0.3 is 15.2 Å². The number of carbonyl (C=O) groups is 1. The molecule has 0 atom stereocenters. The molecule has 0 saturated heterocycles. The lowest BCUT2D eigenvalue weighted by Crippen LogP contribution is -2.17. The van der Waals surface area contributed by atoms with Crippen LogP contribution >= 0.6 is 15.9 Å². The summed E-state index contributed by atoms with van der Waals surface area (Å²) in [5, 5.41) is 0. The molecule has 0 spiro atoms. The van der Waals surface area contributed by atoms with E-state index in [1.54, 1.807) is 7.11 Å². The van der Waals surface area contributed by atoms with Gasteiger partial charge in [0.05, 0.1) is 26.3 Å². The first-order valence-electron chi connectivity index (χ1n) is 5.13. The van der Waals surface area contributed by atoms with Crippen LogP contribution in [0.4, 0.5) is 0 Å². The number of Topliss-reactive ketones (excluding diaryl/α,β-unsaturated/α-hetero) is 1. The Hall–Kier alpha value is -1.07. The second kappa shape index (κ2) is 5.51.